The predicted octanol–water partition coefficient (Wildman–Crippen LogP) is 14.8. The van der Waals surface area contributed by atoms with Crippen molar-refractivity contribution < 1.29 is 125 Å². The second kappa shape index (κ2) is 39.8. The van der Waals surface area contributed by atoms with Gasteiger partial charge in [0.2, 0.25) is 11.8 Å². The van der Waals surface area contributed by atoms with Crippen LogP contribution in [0.25, 0.3) is 0 Å². The molecule has 23 nitrogen and oxygen atoms in total. The maximum Gasteiger partial charge on any atom is 0.453 e. The summed E-state index contributed by atoms with van der Waals surface area (Å²) >= 11 is 0. The van der Waals surface area contributed by atoms with E-state index in [-0.39, 0.29) is 101 Å². The molecular weight excluding hydrogens is 1420 g/mol. The van der Waals surface area contributed by atoms with E-state index in [1.807, 2.05) is 27.7 Å². The number of piperidine rings is 2. The molecule has 2 heterocycles. The third-order valence-electron chi connectivity index (χ3n) is 20.9. The Morgan fingerprint density at radius 1 is 0.528 bits per heavy atom. The second-order valence-corrected chi connectivity index (χ2v) is 30.0. The minimum Gasteiger partial charge on any atom is -0.465 e. The molecule has 1 aromatic rings. The molecule has 2 saturated heterocycles. The van der Waals surface area contributed by atoms with Crippen LogP contribution < -0.4 is 21.3 Å². The summed E-state index contributed by atoms with van der Waals surface area (Å²) in [6, 6.07) is 5.75. The maximum absolute atomic E-state index is 14.1. The number of hydrogen-bond donors (Lipinski definition) is 4. The topological polar surface area (TPSA) is 282 Å². The number of carbonyl (C=O) groups excluding carboxylic acids is 9. The van der Waals surface area contributed by atoms with Crippen LogP contribution in [-0.4, -0.2) is 181 Å². The highest BCUT2D eigenvalue weighted by Gasteiger charge is 2.60. The van der Waals surface area contributed by atoms with Crippen molar-refractivity contribution in [3.05, 3.63) is 24.3 Å². The normalized spacial score (nSPS) is 23.0. The summed E-state index contributed by atoms with van der Waals surface area (Å²) in [5, 5.41) is 13.4. The summed E-state index contributed by atoms with van der Waals surface area (Å²) in [6.07, 6.45) is -19.4. The number of alkyl halides is 10. The number of anilines is 2. The molecule has 2 aliphatic heterocycles. The average Bonchev–Trinajstić information content (AvgIpc) is 0.746. The van der Waals surface area contributed by atoms with Gasteiger partial charge in [-0.2, -0.15) is 54.0 Å². The van der Waals surface area contributed by atoms with E-state index in [4.69, 9.17) is 38.1 Å². The molecule has 33 heteroatoms. The van der Waals surface area contributed by atoms with Crippen molar-refractivity contribution in [1.29, 1.82) is 0 Å². The third-order valence-corrected chi connectivity index (χ3v) is 20.9. The summed E-state index contributed by atoms with van der Waals surface area (Å²) in [5.41, 5.74) is -6.70. The molecule has 11 unspecified atom stereocenters. The number of benzene rings is 1. The summed E-state index contributed by atoms with van der Waals surface area (Å²) in [6.45, 7) is 25.4. The van der Waals surface area contributed by atoms with Crippen molar-refractivity contribution in [2.45, 2.75) is 285 Å². The van der Waals surface area contributed by atoms with Gasteiger partial charge in [-0.05, 0) is 123 Å². The van der Waals surface area contributed by atoms with Crippen LogP contribution in [0.4, 0.5) is 64.9 Å². The Morgan fingerprint density at radius 2 is 0.915 bits per heavy atom. The fourth-order valence-corrected chi connectivity index (χ4v) is 12.8. The summed E-state index contributed by atoms with van der Waals surface area (Å²) in [7, 11) is 0. The number of unbranched alkanes of at least 4 members (excludes halogenated alkanes) is 2. The largest absolute Gasteiger partial charge is 0.465 e. The van der Waals surface area contributed by atoms with Gasteiger partial charge >= 0.3 is 54.3 Å². The second-order valence-electron chi connectivity index (χ2n) is 30.0. The fraction of sp³-hybridized carbons (Fsp3) is 0.795. The zero-order valence-electron chi connectivity index (χ0n) is 64.4. The Hall–Kier alpha value is -6.45. The van der Waals surface area contributed by atoms with Crippen molar-refractivity contribution in [2.75, 3.05) is 63.4 Å². The minimum atomic E-state index is -5.95. The standard InChI is InChI=1S/C73H114F10N6O17/c1-18-24-33-99-48(9)49(39-55(58(93)101-35-29-70(74,75)72(78,79)80)105-88-66(14,20-3)44-53(90)46(7)68(88,16)22-5)42-64(10,11)60(95)84-31-37-103-62(97)86-51-27-26-28-52(41-51)87-63(98)104-38-32-85-61(96)65(12,13)43-50(57(92)100-34-25-19-2)40-56(59(94)102-36-30-71(76,77)73(81,82)83)106-89-67(15,21-4)45-54(91)47(8)69(89,17)23-6/h26-28,41,46-50,55-56H,18-25,29-40,42-45H2,1-17H3,(H,84,95)(H,85,96)(H,86,97)(H,87,98). The van der Waals surface area contributed by atoms with Gasteiger partial charge < -0.3 is 39.1 Å². The molecule has 608 valence electrons. The van der Waals surface area contributed by atoms with Crippen molar-refractivity contribution >= 4 is 64.9 Å². The first-order chi connectivity index (χ1) is 48.9. The Morgan fingerprint density at radius 3 is 1.30 bits per heavy atom. The van der Waals surface area contributed by atoms with Gasteiger partial charge in [0, 0.05) is 53.5 Å². The summed E-state index contributed by atoms with van der Waals surface area (Å²) in [4.78, 5) is 136. The first-order valence-electron chi connectivity index (χ1n) is 36.5. The number of carbonyl (C=O) groups is 9. The van der Waals surface area contributed by atoms with Crippen molar-refractivity contribution in [2.24, 2.45) is 34.5 Å². The lowest BCUT2D eigenvalue weighted by Crippen LogP contribution is -2.67. The lowest BCUT2D eigenvalue weighted by molar-refractivity contribution is -0.317. The van der Waals surface area contributed by atoms with E-state index in [1.165, 1.54) is 43.2 Å². The van der Waals surface area contributed by atoms with Gasteiger partial charge in [0.25, 0.3) is 0 Å². The van der Waals surface area contributed by atoms with Crippen LogP contribution in [-0.2, 0) is 71.7 Å². The predicted molar refractivity (Wildman–Crippen MR) is 371 cm³/mol. The molecule has 0 radical (unpaired) electrons. The number of esters is 3. The van der Waals surface area contributed by atoms with Gasteiger partial charge in [-0.25, -0.2) is 19.2 Å². The first-order valence-corrected chi connectivity index (χ1v) is 36.5. The number of hydrogen-bond acceptors (Lipinski definition) is 19. The van der Waals surface area contributed by atoms with Crippen molar-refractivity contribution in [3.63, 3.8) is 0 Å². The number of amides is 4. The average molecular weight is 1540 g/mol. The van der Waals surface area contributed by atoms with E-state index in [0.29, 0.717) is 32.1 Å². The number of Topliss-reactive ketones (excluding diaryl/α,β-unsaturated/α-hetero) is 2. The molecule has 2 fully saturated rings. The van der Waals surface area contributed by atoms with Crippen LogP contribution in [0.15, 0.2) is 24.3 Å². The number of nitrogens with one attached hydrogen (secondary N) is 4. The molecular formula is C73H114F10N6O17. The zero-order valence-corrected chi connectivity index (χ0v) is 64.4. The van der Waals surface area contributed by atoms with Crippen molar-refractivity contribution in [3.8, 4) is 0 Å². The molecule has 0 aliphatic carbocycles. The molecule has 0 saturated carbocycles. The lowest BCUT2D eigenvalue weighted by atomic mass is 9.70. The summed E-state index contributed by atoms with van der Waals surface area (Å²) in [5.74, 6) is -18.7. The van der Waals surface area contributed by atoms with Gasteiger partial charge in [-0.1, -0.05) is 102 Å². The van der Waals surface area contributed by atoms with Gasteiger partial charge in [0.05, 0.1) is 79.9 Å². The fourth-order valence-electron chi connectivity index (χ4n) is 12.8. The van der Waals surface area contributed by atoms with Gasteiger partial charge in [-0.15, -0.1) is 0 Å². The number of halogens is 10. The third kappa shape index (κ3) is 25.9. The number of ketones is 2. The Kier molecular flexibility index (Phi) is 35.2. The molecule has 0 bridgehead atoms. The number of rotatable bonds is 43. The Labute approximate surface area is 616 Å². The van der Waals surface area contributed by atoms with Crippen LogP contribution in [0.2, 0.25) is 0 Å². The summed E-state index contributed by atoms with van der Waals surface area (Å²) < 4.78 is 168. The molecule has 1 aromatic carbocycles. The number of hydroxylamine groups is 4. The molecule has 2 aliphatic rings. The van der Waals surface area contributed by atoms with Crippen LogP contribution >= 0.6 is 0 Å². The smallest absolute Gasteiger partial charge is 0.453 e. The zero-order chi connectivity index (χ0) is 80.8. The van der Waals surface area contributed by atoms with Crippen LogP contribution in [0.1, 0.15) is 220 Å². The molecule has 3 rings (SSSR count). The van der Waals surface area contributed by atoms with E-state index in [0.717, 1.165) is 6.42 Å². The molecule has 0 spiro atoms. The van der Waals surface area contributed by atoms with E-state index in [9.17, 15) is 87.1 Å². The van der Waals surface area contributed by atoms with E-state index < -0.39 is 180 Å². The van der Waals surface area contributed by atoms with Crippen LogP contribution in [0.3, 0.4) is 0 Å². The quantitative estimate of drug-likeness (QED) is 0.0205. The van der Waals surface area contributed by atoms with Gasteiger partial charge in [0.15, 0.2) is 12.2 Å². The van der Waals surface area contributed by atoms with E-state index in [2.05, 4.69) is 21.3 Å². The van der Waals surface area contributed by atoms with Crippen molar-refractivity contribution in [1.82, 2.24) is 20.8 Å². The lowest BCUT2D eigenvalue weighted by Gasteiger charge is -2.56. The van der Waals surface area contributed by atoms with Gasteiger partial charge in [-0.3, -0.25) is 44.3 Å². The van der Waals surface area contributed by atoms with Crippen LogP contribution in [0.5, 0.6) is 0 Å². The van der Waals surface area contributed by atoms with E-state index in [1.54, 1.807) is 81.2 Å². The number of nitrogens with zero attached hydrogens (tertiary/aromatic N) is 2. The molecule has 106 heavy (non-hydrogen) atoms. The van der Waals surface area contributed by atoms with Crippen LogP contribution in [0, 0.1) is 34.5 Å². The molecule has 4 amide bonds. The molecule has 4 N–H and O–H groups in total. The highest BCUT2D eigenvalue weighted by atomic mass is 19.4. The Bertz CT molecular complexity index is 3090. The highest BCUT2D eigenvalue weighted by molar-refractivity contribution is 5.89. The Balaban J connectivity index is 1.71. The number of ether oxygens (including phenoxy) is 6. The monoisotopic (exact) mass is 1540 g/mol. The molecule has 0 aromatic heterocycles. The minimum absolute atomic E-state index is 0.0112. The maximum atomic E-state index is 14.1. The molecule has 11 atom stereocenters. The highest BCUT2D eigenvalue weighted by Crippen LogP contribution is 2.48. The SMILES string of the molecule is CCCCOC(=O)C(CC(ON1C(C)(CC)CC(=O)C(C)C1(C)CC)C(=O)OCCC(F)(F)C(F)(F)F)CC(C)(C)C(=O)NCCOC(=O)Nc1cccc(NC(=O)OCCNC(=O)C(C)(C)CC(CC(ON2C(C)(CC)CC(=O)C(C)C2(C)CC)C(=O)OCCC(F)(F)C(F)(F)F)C(C)OCCCC)c1. The first kappa shape index (κ1) is 93.8. The van der Waals surface area contributed by atoms with Gasteiger partial charge in [0.1, 0.15) is 24.8 Å². The van der Waals surface area contributed by atoms with E-state index >= 15 is 0 Å².